The number of nitriles is 1. The Morgan fingerprint density at radius 3 is 2.56 bits per heavy atom. The van der Waals surface area contributed by atoms with E-state index in [1.165, 1.54) is 5.57 Å². The van der Waals surface area contributed by atoms with Crippen LogP contribution < -0.4 is 5.32 Å². The lowest BCUT2D eigenvalue weighted by Crippen LogP contribution is -2.03. The van der Waals surface area contributed by atoms with E-state index < -0.39 is 0 Å². The Hall–Kier alpha value is -3.38. The van der Waals surface area contributed by atoms with Gasteiger partial charge in [-0.05, 0) is 64.8 Å². The van der Waals surface area contributed by atoms with Crippen LogP contribution in [0.25, 0.3) is 22.3 Å². The molecule has 2 aromatic carbocycles. The van der Waals surface area contributed by atoms with Gasteiger partial charge in [0.2, 0.25) is 6.41 Å². The predicted octanol–water partition coefficient (Wildman–Crippen LogP) is 5.31. The normalized spacial score (nSPS) is 16.4. The zero-order chi connectivity index (χ0) is 19.2. The molecular formula is C24H22N2O. The highest BCUT2D eigenvalue weighted by Crippen LogP contribution is 2.36. The molecule has 0 spiro atoms. The number of allylic oxidation sites excluding steroid dienone is 5. The van der Waals surface area contributed by atoms with Gasteiger partial charge in [-0.15, -0.1) is 0 Å². The Balaban J connectivity index is 2.18. The number of hydrogen-bond donors (Lipinski definition) is 1. The molecule has 0 fully saturated rings. The molecule has 3 nitrogen and oxygen atoms in total. The van der Waals surface area contributed by atoms with Crippen LogP contribution in [0.1, 0.15) is 37.0 Å². The Labute approximate surface area is 160 Å². The van der Waals surface area contributed by atoms with Crippen LogP contribution in [0.15, 0.2) is 66.9 Å². The van der Waals surface area contributed by atoms with E-state index in [0.29, 0.717) is 17.9 Å². The fourth-order valence-corrected chi connectivity index (χ4v) is 3.34. The highest BCUT2D eigenvalue weighted by molar-refractivity contribution is 5.91. The number of carbonyl (C=O) groups is 1. The minimum absolute atomic E-state index is 0.548. The van der Waals surface area contributed by atoms with Crippen molar-refractivity contribution in [2.75, 3.05) is 0 Å². The number of rotatable bonds is 5. The molecule has 1 amide bonds. The van der Waals surface area contributed by atoms with Gasteiger partial charge in [-0.1, -0.05) is 55.5 Å². The standard InChI is InChI=1S/C24H22N2O/c1-17-6-10-20(11-7-17)22-4-3-5-23(24(22)18(2)15-26-16-27)21-12-8-19(14-25)9-13-21/h3-6,8-13,15-17H,7H2,1-2H3,(H,26,27)/b18-15-. The third kappa shape index (κ3) is 4.07. The predicted molar refractivity (Wildman–Crippen MR) is 110 cm³/mol. The Kier molecular flexibility index (Phi) is 5.68. The van der Waals surface area contributed by atoms with Gasteiger partial charge in [-0.3, -0.25) is 4.79 Å². The average molecular weight is 354 g/mol. The highest BCUT2D eigenvalue weighted by atomic mass is 16.1. The summed E-state index contributed by atoms with van der Waals surface area (Å²) in [4.78, 5) is 10.8. The third-order valence-electron chi connectivity index (χ3n) is 4.78. The van der Waals surface area contributed by atoms with Crippen LogP contribution in [0, 0.1) is 17.2 Å². The van der Waals surface area contributed by atoms with Crippen LogP contribution in [-0.2, 0) is 4.79 Å². The molecule has 1 atom stereocenters. The van der Waals surface area contributed by atoms with Crippen LogP contribution in [0.4, 0.5) is 0 Å². The molecule has 0 heterocycles. The van der Waals surface area contributed by atoms with E-state index in [1.54, 1.807) is 6.20 Å². The third-order valence-corrected chi connectivity index (χ3v) is 4.78. The fourth-order valence-electron chi connectivity index (χ4n) is 3.34. The summed E-state index contributed by atoms with van der Waals surface area (Å²) >= 11 is 0. The summed E-state index contributed by atoms with van der Waals surface area (Å²) in [5.74, 6) is 0.548. The molecule has 0 aliphatic heterocycles. The number of carbonyl (C=O) groups excluding carboxylic acids is 1. The first-order chi connectivity index (χ1) is 13.1. The quantitative estimate of drug-likeness (QED) is 0.740. The van der Waals surface area contributed by atoms with E-state index in [9.17, 15) is 4.79 Å². The van der Waals surface area contributed by atoms with Gasteiger partial charge in [0.25, 0.3) is 0 Å². The van der Waals surface area contributed by atoms with E-state index in [4.69, 9.17) is 5.26 Å². The fraction of sp³-hybridized carbons (Fsp3) is 0.167. The van der Waals surface area contributed by atoms with Crippen molar-refractivity contribution in [1.82, 2.24) is 5.32 Å². The van der Waals surface area contributed by atoms with Crippen molar-refractivity contribution < 1.29 is 4.79 Å². The number of benzene rings is 2. The van der Waals surface area contributed by atoms with Gasteiger partial charge in [0.15, 0.2) is 0 Å². The van der Waals surface area contributed by atoms with Gasteiger partial charge < -0.3 is 5.32 Å². The summed E-state index contributed by atoms with van der Waals surface area (Å²) in [6.45, 7) is 4.20. The molecule has 2 aromatic rings. The van der Waals surface area contributed by atoms with Crippen molar-refractivity contribution in [3.8, 4) is 17.2 Å². The topological polar surface area (TPSA) is 52.9 Å². The van der Waals surface area contributed by atoms with Gasteiger partial charge in [-0.25, -0.2) is 0 Å². The molecule has 0 radical (unpaired) electrons. The number of amides is 1. The monoisotopic (exact) mass is 354 g/mol. The lowest BCUT2D eigenvalue weighted by Gasteiger charge is -2.19. The second-order valence-electron chi connectivity index (χ2n) is 6.76. The molecule has 1 aliphatic rings. The maximum absolute atomic E-state index is 10.8. The lowest BCUT2D eigenvalue weighted by molar-refractivity contribution is -0.108. The van der Waals surface area contributed by atoms with Gasteiger partial charge in [0.1, 0.15) is 0 Å². The van der Waals surface area contributed by atoms with Gasteiger partial charge in [0.05, 0.1) is 11.6 Å². The maximum atomic E-state index is 10.8. The molecule has 0 saturated heterocycles. The molecular weight excluding hydrogens is 332 g/mol. The first kappa shape index (κ1) is 18.4. The zero-order valence-corrected chi connectivity index (χ0v) is 15.6. The molecule has 0 bridgehead atoms. The Bertz CT molecular complexity index is 972. The van der Waals surface area contributed by atoms with Crippen molar-refractivity contribution >= 4 is 17.6 Å². The second-order valence-corrected chi connectivity index (χ2v) is 6.76. The van der Waals surface area contributed by atoms with Gasteiger partial charge in [-0.2, -0.15) is 5.26 Å². The minimum Gasteiger partial charge on any atom is -0.335 e. The lowest BCUT2D eigenvalue weighted by atomic mass is 9.85. The molecule has 0 saturated carbocycles. The molecule has 0 aromatic heterocycles. The summed E-state index contributed by atoms with van der Waals surface area (Å²) < 4.78 is 0. The van der Waals surface area contributed by atoms with Crippen molar-refractivity contribution in [2.24, 2.45) is 5.92 Å². The summed E-state index contributed by atoms with van der Waals surface area (Å²) in [5.41, 5.74) is 7.15. The first-order valence-corrected chi connectivity index (χ1v) is 9.03. The Morgan fingerprint density at radius 1 is 1.19 bits per heavy atom. The second kappa shape index (κ2) is 8.33. The van der Waals surface area contributed by atoms with E-state index in [-0.39, 0.29) is 0 Å². The van der Waals surface area contributed by atoms with Crippen molar-refractivity contribution in [3.05, 3.63) is 83.6 Å². The molecule has 3 rings (SSSR count). The van der Waals surface area contributed by atoms with Crippen molar-refractivity contribution in [3.63, 3.8) is 0 Å². The van der Waals surface area contributed by atoms with Crippen LogP contribution in [0.5, 0.6) is 0 Å². The van der Waals surface area contributed by atoms with Crippen LogP contribution in [0.3, 0.4) is 0 Å². The molecule has 27 heavy (non-hydrogen) atoms. The van der Waals surface area contributed by atoms with Gasteiger partial charge >= 0.3 is 0 Å². The van der Waals surface area contributed by atoms with Crippen LogP contribution in [0.2, 0.25) is 0 Å². The molecule has 1 N–H and O–H groups in total. The molecule has 134 valence electrons. The summed E-state index contributed by atoms with van der Waals surface area (Å²) in [7, 11) is 0. The first-order valence-electron chi connectivity index (χ1n) is 9.03. The number of hydrogen-bond acceptors (Lipinski definition) is 2. The molecule has 1 unspecified atom stereocenters. The summed E-state index contributed by atoms with van der Waals surface area (Å²) in [6, 6.07) is 16.0. The summed E-state index contributed by atoms with van der Waals surface area (Å²) in [6.07, 6.45) is 10.1. The smallest absolute Gasteiger partial charge is 0.211 e. The van der Waals surface area contributed by atoms with Crippen LogP contribution >= 0.6 is 0 Å². The van der Waals surface area contributed by atoms with E-state index in [2.05, 4.69) is 54.7 Å². The minimum atomic E-state index is 0.548. The van der Waals surface area contributed by atoms with Crippen molar-refractivity contribution in [1.29, 1.82) is 5.26 Å². The molecule has 1 aliphatic carbocycles. The van der Waals surface area contributed by atoms with E-state index >= 15 is 0 Å². The van der Waals surface area contributed by atoms with Crippen molar-refractivity contribution in [2.45, 2.75) is 20.3 Å². The highest BCUT2D eigenvalue weighted by Gasteiger charge is 2.15. The number of nitrogens with one attached hydrogen (secondary N) is 1. The van der Waals surface area contributed by atoms with E-state index in [0.717, 1.165) is 34.2 Å². The average Bonchev–Trinajstić information content (AvgIpc) is 2.72. The maximum Gasteiger partial charge on any atom is 0.211 e. The zero-order valence-electron chi connectivity index (χ0n) is 15.6. The summed E-state index contributed by atoms with van der Waals surface area (Å²) in [5, 5.41) is 11.7. The Morgan fingerprint density at radius 2 is 1.93 bits per heavy atom. The SMILES string of the molecule is C/C(=C/NC=O)c1c(C2=CCC(C)C=C2)cccc1-c1ccc(C#N)cc1. The van der Waals surface area contributed by atoms with E-state index in [1.807, 2.05) is 31.2 Å². The number of nitrogens with zero attached hydrogens (tertiary/aromatic N) is 1. The van der Waals surface area contributed by atoms with Gasteiger partial charge in [0, 0.05) is 6.20 Å². The molecule has 3 heteroatoms. The van der Waals surface area contributed by atoms with Crippen LogP contribution in [-0.4, -0.2) is 6.41 Å². The largest absolute Gasteiger partial charge is 0.335 e.